The van der Waals surface area contributed by atoms with Crippen LogP contribution in [-0.2, 0) is 0 Å². The summed E-state index contributed by atoms with van der Waals surface area (Å²) in [6.45, 7) is 0. The van der Waals surface area contributed by atoms with Gasteiger partial charge in [-0.3, -0.25) is 10.1 Å². The van der Waals surface area contributed by atoms with Crippen LogP contribution >= 0.6 is 0 Å². The minimum Gasteiger partial charge on any atom is -0.259 e. The van der Waals surface area contributed by atoms with E-state index in [1.54, 1.807) is 36.4 Å². The maximum absolute atomic E-state index is 10.1. The van der Waals surface area contributed by atoms with E-state index < -0.39 is 4.92 Å². The monoisotopic (exact) mass is 174 g/mol. The fourth-order valence-corrected chi connectivity index (χ4v) is 0.891. The zero-order chi connectivity index (χ0) is 9.68. The van der Waals surface area contributed by atoms with Gasteiger partial charge in [0.1, 0.15) is 11.6 Å². The molecule has 0 aliphatic rings. The molecule has 4 heteroatoms. The zero-order valence-corrected chi connectivity index (χ0v) is 6.68. The van der Waals surface area contributed by atoms with Gasteiger partial charge in [0, 0.05) is 0 Å². The Morgan fingerprint density at radius 1 is 1.46 bits per heavy atom. The molecule has 64 valence electrons. The quantitative estimate of drug-likeness (QED) is 0.390. The molecule has 0 saturated carbocycles. The van der Waals surface area contributed by atoms with Crippen molar-refractivity contribution in [3.05, 3.63) is 52.2 Å². The Bertz CT molecular complexity index is 376. The number of rotatable bonds is 2. The first-order valence-corrected chi connectivity index (χ1v) is 3.55. The summed E-state index contributed by atoms with van der Waals surface area (Å²) in [4.78, 5) is 9.49. The van der Waals surface area contributed by atoms with E-state index in [1.807, 2.05) is 0 Å². The molecule has 1 aromatic rings. The largest absolute Gasteiger partial charge is 0.259 e. The first-order chi connectivity index (χ1) is 6.24. The summed E-state index contributed by atoms with van der Waals surface area (Å²) in [6.07, 6.45) is 0.704. The summed E-state index contributed by atoms with van der Waals surface area (Å²) in [5.74, 6) is 0. The lowest BCUT2D eigenvalue weighted by atomic mass is 10.1. The third-order valence-corrected chi connectivity index (χ3v) is 1.44. The van der Waals surface area contributed by atoms with Gasteiger partial charge in [-0.25, -0.2) is 0 Å². The van der Waals surface area contributed by atoms with Gasteiger partial charge in [0.15, 0.2) is 0 Å². The molecule has 0 amide bonds. The van der Waals surface area contributed by atoms with Crippen molar-refractivity contribution in [3.8, 4) is 6.07 Å². The maximum Gasteiger partial charge on any atom is 0.252 e. The van der Waals surface area contributed by atoms with Crippen molar-refractivity contribution in [2.45, 2.75) is 0 Å². The van der Waals surface area contributed by atoms with Crippen molar-refractivity contribution in [2.24, 2.45) is 0 Å². The summed E-state index contributed by atoms with van der Waals surface area (Å²) >= 11 is 0. The SMILES string of the molecule is N#C/C(=C\[N+](=O)[O-])c1ccccc1. The summed E-state index contributed by atoms with van der Waals surface area (Å²) < 4.78 is 0. The minimum atomic E-state index is -0.633. The van der Waals surface area contributed by atoms with Crippen LogP contribution in [0.15, 0.2) is 36.5 Å². The topological polar surface area (TPSA) is 66.9 Å². The highest BCUT2D eigenvalue weighted by Gasteiger charge is 2.03. The van der Waals surface area contributed by atoms with Crippen molar-refractivity contribution in [3.63, 3.8) is 0 Å². The van der Waals surface area contributed by atoms with Crippen LogP contribution < -0.4 is 0 Å². The van der Waals surface area contributed by atoms with Crippen LogP contribution in [0.3, 0.4) is 0 Å². The van der Waals surface area contributed by atoms with Crippen molar-refractivity contribution < 1.29 is 4.92 Å². The molecule has 0 aliphatic heterocycles. The number of nitro groups is 1. The third-order valence-electron chi connectivity index (χ3n) is 1.44. The van der Waals surface area contributed by atoms with Gasteiger partial charge in [0.2, 0.25) is 0 Å². The van der Waals surface area contributed by atoms with Crippen LogP contribution in [0.2, 0.25) is 0 Å². The zero-order valence-electron chi connectivity index (χ0n) is 6.68. The van der Waals surface area contributed by atoms with Gasteiger partial charge < -0.3 is 0 Å². The molecule has 0 atom stereocenters. The smallest absolute Gasteiger partial charge is 0.252 e. The summed E-state index contributed by atoms with van der Waals surface area (Å²) in [5, 5.41) is 18.7. The molecule has 0 fully saturated rings. The predicted molar refractivity (Wildman–Crippen MR) is 47.0 cm³/mol. The summed E-state index contributed by atoms with van der Waals surface area (Å²) in [5.41, 5.74) is 0.618. The molecule has 0 aromatic heterocycles. The molecule has 0 heterocycles. The van der Waals surface area contributed by atoms with E-state index in [1.165, 1.54) is 0 Å². The van der Waals surface area contributed by atoms with E-state index in [0.29, 0.717) is 11.8 Å². The van der Waals surface area contributed by atoms with Crippen molar-refractivity contribution >= 4 is 5.57 Å². The van der Waals surface area contributed by atoms with Gasteiger partial charge in [-0.2, -0.15) is 5.26 Å². The Kier molecular flexibility index (Phi) is 2.77. The summed E-state index contributed by atoms with van der Waals surface area (Å²) in [6, 6.07) is 10.3. The Morgan fingerprint density at radius 3 is 2.54 bits per heavy atom. The van der Waals surface area contributed by atoms with Crippen LogP contribution in [-0.4, -0.2) is 4.92 Å². The second-order valence-corrected chi connectivity index (χ2v) is 2.31. The molecule has 0 N–H and O–H groups in total. The van der Waals surface area contributed by atoms with Gasteiger partial charge >= 0.3 is 0 Å². The molecule has 13 heavy (non-hydrogen) atoms. The van der Waals surface area contributed by atoms with Crippen LogP contribution in [0.4, 0.5) is 0 Å². The number of nitrogens with zero attached hydrogens (tertiary/aromatic N) is 2. The van der Waals surface area contributed by atoms with E-state index in [0.717, 1.165) is 0 Å². The van der Waals surface area contributed by atoms with Crippen LogP contribution in [0.5, 0.6) is 0 Å². The first kappa shape index (κ1) is 8.94. The van der Waals surface area contributed by atoms with Gasteiger partial charge in [0.25, 0.3) is 6.20 Å². The fraction of sp³-hybridized carbons (Fsp3) is 0. The standard InChI is InChI=1S/C9H6N2O2/c10-6-9(7-11(12)13)8-4-2-1-3-5-8/h1-5,7H/b9-7+. The number of hydrogen-bond acceptors (Lipinski definition) is 3. The van der Waals surface area contributed by atoms with Crippen molar-refractivity contribution in [1.82, 2.24) is 0 Å². The number of benzene rings is 1. The minimum absolute atomic E-state index is 0.0607. The molecule has 1 rings (SSSR count). The lowest BCUT2D eigenvalue weighted by Crippen LogP contribution is -1.88. The Labute approximate surface area is 74.9 Å². The molecule has 0 aliphatic carbocycles. The molecule has 1 aromatic carbocycles. The normalized spacial score (nSPS) is 10.5. The molecular formula is C9H6N2O2. The Morgan fingerprint density at radius 2 is 2.08 bits per heavy atom. The number of allylic oxidation sites excluding steroid dienone is 1. The first-order valence-electron chi connectivity index (χ1n) is 3.55. The summed E-state index contributed by atoms with van der Waals surface area (Å²) in [7, 11) is 0. The van der Waals surface area contributed by atoms with Gasteiger partial charge in [0.05, 0.1) is 4.92 Å². The van der Waals surface area contributed by atoms with E-state index in [-0.39, 0.29) is 5.57 Å². The second kappa shape index (κ2) is 4.02. The average molecular weight is 174 g/mol. The van der Waals surface area contributed by atoms with E-state index in [9.17, 15) is 10.1 Å². The van der Waals surface area contributed by atoms with Gasteiger partial charge in [-0.1, -0.05) is 30.3 Å². The van der Waals surface area contributed by atoms with Crippen LogP contribution in [0.25, 0.3) is 5.57 Å². The van der Waals surface area contributed by atoms with Crippen molar-refractivity contribution in [1.29, 1.82) is 5.26 Å². The Hall–Kier alpha value is -2.15. The lowest BCUT2D eigenvalue weighted by Gasteiger charge is -1.93. The lowest BCUT2D eigenvalue weighted by molar-refractivity contribution is -0.401. The average Bonchev–Trinajstić information content (AvgIpc) is 2.15. The molecule has 0 bridgehead atoms. The number of hydrogen-bond donors (Lipinski definition) is 0. The van der Waals surface area contributed by atoms with Crippen molar-refractivity contribution in [2.75, 3.05) is 0 Å². The van der Waals surface area contributed by atoms with Crippen LogP contribution in [0.1, 0.15) is 5.56 Å². The van der Waals surface area contributed by atoms with Gasteiger partial charge in [-0.05, 0) is 5.56 Å². The molecule has 0 spiro atoms. The Balaban J connectivity index is 3.07. The van der Waals surface area contributed by atoms with E-state index in [2.05, 4.69) is 0 Å². The van der Waals surface area contributed by atoms with Crippen LogP contribution in [0, 0.1) is 21.4 Å². The third kappa shape index (κ3) is 2.42. The molecule has 4 nitrogen and oxygen atoms in total. The van der Waals surface area contributed by atoms with Gasteiger partial charge in [-0.15, -0.1) is 0 Å². The predicted octanol–water partition coefficient (Wildman–Crippen LogP) is 1.83. The highest BCUT2D eigenvalue weighted by molar-refractivity contribution is 5.75. The molecular weight excluding hydrogens is 168 g/mol. The fourth-order valence-electron chi connectivity index (χ4n) is 0.891. The maximum atomic E-state index is 10.1. The van der Waals surface area contributed by atoms with E-state index >= 15 is 0 Å². The molecule has 0 unspecified atom stereocenters. The molecule has 0 radical (unpaired) electrons. The van der Waals surface area contributed by atoms with E-state index in [4.69, 9.17) is 5.26 Å². The highest BCUT2D eigenvalue weighted by Crippen LogP contribution is 2.11. The second-order valence-electron chi connectivity index (χ2n) is 2.31. The molecule has 0 saturated heterocycles. The number of nitriles is 1. The highest BCUT2D eigenvalue weighted by atomic mass is 16.6.